The SMILES string of the molecule is CNC(SCC(O)COC)C(=O)O. The van der Waals surface area contributed by atoms with E-state index in [0.717, 1.165) is 11.8 Å². The van der Waals surface area contributed by atoms with E-state index in [1.54, 1.807) is 7.05 Å². The minimum atomic E-state index is -0.933. The van der Waals surface area contributed by atoms with Crippen molar-refractivity contribution in [2.45, 2.75) is 11.5 Å². The Kier molecular flexibility index (Phi) is 6.97. The van der Waals surface area contributed by atoms with Crippen LogP contribution in [0.4, 0.5) is 0 Å². The first-order valence-electron chi connectivity index (χ1n) is 3.80. The molecule has 3 N–H and O–H groups in total. The van der Waals surface area contributed by atoms with Crippen molar-refractivity contribution < 1.29 is 19.7 Å². The van der Waals surface area contributed by atoms with E-state index in [0.29, 0.717) is 5.75 Å². The molecule has 0 aromatic carbocycles. The van der Waals surface area contributed by atoms with Crippen LogP contribution in [0.5, 0.6) is 0 Å². The number of carboxylic acid groups (broad SMARTS) is 1. The zero-order valence-electron chi connectivity index (χ0n) is 7.69. The lowest BCUT2D eigenvalue weighted by atomic mass is 10.4. The van der Waals surface area contributed by atoms with E-state index in [1.807, 2.05) is 0 Å². The molecule has 0 aliphatic carbocycles. The molecule has 2 atom stereocenters. The number of likely N-dealkylation sites (N-methyl/N-ethyl adjacent to an activating group) is 1. The molecular weight excluding hydrogens is 194 g/mol. The summed E-state index contributed by atoms with van der Waals surface area (Å²) in [5, 5.41) is 19.8. The molecule has 0 radical (unpaired) electrons. The summed E-state index contributed by atoms with van der Waals surface area (Å²) in [5.41, 5.74) is 0. The number of carbonyl (C=O) groups is 1. The number of nitrogens with one attached hydrogen (secondary N) is 1. The second-order valence-electron chi connectivity index (χ2n) is 2.45. The topological polar surface area (TPSA) is 78.8 Å². The lowest BCUT2D eigenvalue weighted by Crippen LogP contribution is -2.32. The Labute approximate surface area is 81.5 Å². The van der Waals surface area contributed by atoms with Crippen LogP contribution < -0.4 is 5.32 Å². The van der Waals surface area contributed by atoms with Gasteiger partial charge in [0, 0.05) is 12.9 Å². The van der Waals surface area contributed by atoms with Crippen molar-refractivity contribution in [3.63, 3.8) is 0 Å². The van der Waals surface area contributed by atoms with Crippen LogP contribution in [0.25, 0.3) is 0 Å². The molecule has 2 unspecified atom stereocenters. The number of hydrogen-bond acceptors (Lipinski definition) is 5. The predicted molar refractivity (Wildman–Crippen MR) is 50.8 cm³/mol. The predicted octanol–water partition coefficient (Wildman–Crippen LogP) is -0.643. The summed E-state index contributed by atoms with van der Waals surface area (Å²) in [6.45, 7) is 0.225. The van der Waals surface area contributed by atoms with E-state index in [9.17, 15) is 9.90 Å². The summed E-state index contributed by atoms with van der Waals surface area (Å²) in [7, 11) is 3.05. The molecular formula is C7H15NO4S. The van der Waals surface area contributed by atoms with Crippen LogP contribution in [-0.2, 0) is 9.53 Å². The van der Waals surface area contributed by atoms with Gasteiger partial charge in [-0.15, -0.1) is 11.8 Å². The van der Waals surface area contributed by atoms with Gasteiger partial charge in [0.1, 0.15) is 0 Å². The molecule has 0 saturated heterocycles. The van der Waals surface area contributed by atoms with Crippen molar-refractivity contribution in [1.82, 2.24) is 5.32 Å². The quantitative estimate of drug-likeness (QED) is 0.484. The average Bonchev–Trinajstić information content (AvgIpc) is 2.05. The average molecular weight is 209 g/mol. The first kappa shape index (κ1) is 12.7. The third kappa shape index (κ3) is 5.87. The normalized spacial score (nSPS) is 15.3. The zero-order chi connectivity index (χ0) is 10.3. The fraction of sp³-hybridized carbons (Fsp3) is 0.857. The summed E-state index contributed by atoms with van der Waals surface area (Å²) in [5.74, 6) is -0.594. The van der Waals surface area contributed by atoms with Gasteiger partial charge in [0.05, 0.1) is 12.7 Å². The minimum Gasteiger partial charge on any atom is -0.479 e. The van der Waals surface area contributed by atoms with Crippen molar-refractivity contribution in [2.75, 3.05) is 26.5 Å². The molecule has 0 bridgehead atoms. The van der Waals surface area contributed by atoms with Crippen molar-refractivity contribution in [3.8, 4) is 0 Å². The molecule has 13 heavy (non-hydrogen) atoms. The molecule has 0 aliphatic heterocycles. The first-order valence-corrected chi connectivity index (χ1v) is 4.85. The highest BCUT2D eigenvalue weighted by Gasteiger charge is 2.16. The number of thioether (sulfide) groups is 1. The number of hydrogen-bond donors (Lipinski definition) is 3. The Hall–Kier alpha value is -0.300. The van der Waals surface area contributed by atoms with Crippen molar-refractivity contribution in [2.24, 2.45) is 0 Å². The summed E-state index contributed by atoms with van der Waals surface area (Å²) in [6, 6.07) is 0. The largest absolute Gasteiger partial charge is 0.479 e. The molecule has 0 spiro atoms. The molecule has 0 heterocycles. The van der Waals surface area contributed by atoms with Gasteiger partial charge in [0.2, 0.25) is 0 Å². The van der Waals surface area contributed by atoms with Crippen LogP contribution in [0.3, 0.4) is 0 Å². The number of ether oxygens (including phenoxy) is 1. The summed E-state index contributed by atoms with van der Waals surface area (Å²) in [4.78, 5) is 10.5. The van der Waals surface area contributed by atoms with Crippen molar-refractivity contribution in [1.29, 1.82) is 0 Å². The third-order valence-corrected chi connectivity index (χ3v) is 2.65. The molecule has 6 heteroatoms. The fourth-order valence-corrected chi connectivity index (χ4v) is 1.55. The number of methoxy groups -OCH3 is 1. The van der Waals surface area contributed by atoms with Gasteiger partial charge in [-0.1, -0.05) is 0 Å². The van der Waals surface area contributed by atoms with E-state index in [4.69, 9.17) is 9.84 Å². The first-order chi connectivity index (χ1) is 6.11. The van der Waals surface area contributed by atoms with Crippen LogP contribution in [-0.4, -0.2) is 54.2 Å². The van der Waals surface area contributed by atoms with E-state index in [1.165, 1.54) is 7.11 Å². The lowest BCUT2D eigenvalue weighted by Gasteiger charge is -2.13. The molecule has 0 aliphatic rings. The van der Waals surface area contributed by atoms with Crippen molar-refractivity contribution in [3.05, 3.63) is 0 Å². The zero-order valence-corrected chi connectivity index (χ0v) is 8.50. The van der Waals surface area contributed by atoms with Gasteiger partial charge in [-0.05, 0) is 7.05 Å². The summed E-state index contributed by atoms with van der Waals surface area (Å²) < 4.78 is 4.70. The minimum absolute atomic E-state index is 0.225. The van der Waals surface area contributed by atoms with Gasteiger partial charge < -0.3 is 14.9 Å². The maximum Gasteiger partial charge on any atom is 0.331 e. The maximum atomic E-state index is 10.5. The second-order valence-corrected chi connectivity index (χ2v) is 3.59. The van der Waals surface area contributed by atoms with Gasteiger partial charge in [-0.2, -0.15) is 0 Å². The monoisotopic (exact) mass is 209 g/mol. The highest BCUT2D eigenvalue weighted by molar-refractivity contribution is 8.00. The number of aliphatic hydroxyl groups excluding tert-OH is 1. The van der Waals surface area contributed by atoms with Crippen LogP contribution in [0.15, 0.2) is 0 Å². The molecule has 0 aromatic rings. The number of aliphatic hydroxyl groups is 1. The van der Waals surface area contributed by atoms with E-state index in [2.05, 4.69) is 5.32 Å². The number of rotatable bonds is 7. The highest BCUT2D eigenvalue weighted by Crippen LogP contribution is 2.09. The molecule has 0 fully saturated rings. The smallest absolute Gasteiger partial charge is 0.331 e. The maximum absolute atomic E-state index is 10.5. The third-order valence-electron chi connectivity index (χ3n) is 1.30. The van der Waals surface area contributed by atoms with Crippen LogP contribution in [0.2, 0.25) is 0 Å². The van der Waals surface area contributed by atoms with Crippen LogP contribution >= 0.6 is 11.8 Å². The Bertz CT molecular complexity index is 155. The Morgan fingerprint density at radius 3 is 2.69 bits per heavy atom. The Morgan fingerprint density at radius 1 is 1.69 bits per heavy atom. The van der Waals surface area contributed by atoms with Gasteiger partial charge >= 0.3 is 5.97 Å². The molecule has 5 nitrogen and oxygen atoms in total. The molecule has 78 valence electrons. The van der Waals surface area contributed by atoms with Crippen LogP contribution in [0.1, 0.15) is 0 Å². The highest BCUT2D eigenvalue weighted by atomic mass is 32.2. The molecule has 0 amide bonds. The molecule has 0 saturated carbocycles. The molecule has 0 rings (SSSR count). The van der Waals surface area contributed by atoms with Crippen LogP contribution in [0, 0.1) is 0 Å². The van der Waals surface area contributed by atoms with Gasteiger partial charge in [-0.25, -0.2) is 4.79 Å². The van der Waals surface area contributed by atoms with E-state index >= 15 is 0 Å². The second kappa shape index (κ2) is 7.14. The van der Waals surface area contributed by atoms with Crippen molar-refractivity contribution >= 4 is 17.7 Å². The summed E-state index contributed by atoms with van der Waals surface area (Å²) >= 11 is 1.14. The van der Waals surface area contributed by atoms with Gasteiger partial charge in [0.15, 0.2) is 5.37 Å². The van der Waals surface area contributed by atoms with Gasteiger partial charge in [0.25, 0.3) is 0 Å². The van der Waals surface area contributed by atoms with E-state index < -0.39 is 17.4 Å². The molecule has 0 aromatic heterocycles. The Morgan fingerprint density at radius 2 is 2.31 bits per heavy atom. The number of aliphatic carboxylic acids is 1. The fourth-order valence-electron chi connectivity index (χ4n) is 0.726. The lowest BCUT2D eigenvalue weighted by molar-refractivity contribution is -0.136. The Balaban J connectivity index is 3.65. The number of carboxylic acids is 1. The standard InChI is InChI=1S/C7H15NO4S/c1-8-6(7(10)11)13-4-5(9)3-12-2/h5-6,8-9H,3-4H2,1-2H3,(H,10,11). The van der Waals surface area contributed by atoms with Gasteiger partial charge in [-0.3, -0.25) is 5.32 Å². The summed E-state index contributed by atoms with van der Waals surface area (Å²) in [6.07, 6.45) is -0.620. The van der Waals surface area contributed by atoms with E-state index in [-0.39, 0.29) is 6.61 Å².